The van der Waals surface area contributed by atoms with Crippen LogP contribution < -0.4 is 9.05 Å². The average Bonchev–Trinajstić information content (AvgIpc) is 3.03. The molecule has 4 aromatic carbocycles. The lowest BCUT2D eigenvalue weighted by Crippen LogP contribution is -2.44. The Balaban J connectivity index is 1.92. The van der Waals surface area contributed by atoms with Gasteiger partial charge in [0, 0.05) is 11.1 Å². The minimum Gasteiger partial charge on any atom is -0.446 e. The molecule has 1 aliphatic heterocycles. The standard InChI is InChI=1S/C42H50BO2P/c1-18-20(3)28(11)36-32(24(18)7)16-34-26(9)22(5)30(13)40-38(34)42(36)37-29(12)21(4)19(2)25(8)33(37)17-35-27(10)23(6)31(14)41(39(35)42)45-46(43-15)44-40/h43H,16-17H2,1-15H3. The zero-order valence-electron chi connectivity index (χ0n) is 30.9. The summed E-state index contributed by atoms with van der Waals surface area (Å²) in [5.74, 6) is 2.14. The highest BCUT2D eigenvalue weighted by Gasteiger charge is 2.56. The fourth-order valence-corrected chi connectivity index (χ4v) is 10.7. The van der Waals surface area contributed by atoms with Gasteiger partial charge in [0.05, 0.1) is 5.41 Å². The number of hydrogen-bond acceptors (Lipinski definition) is 2. The first kappa shape index (κ1) is 31.6. The molecule has 0 unspecified atom stereocenters. The molecule has 0 radical (unpaired) electrons. The van der Waals surface area contributed by atoms with Crippen LogP contribution in [-0.2, 0) is 18.3 Å². The van der Waals surface area contributed by atoms with Gasteiger partial charge in [-0.25, -0.2) is 0 Å². The molecule has 4 aromatic rings. The van der Waals surface area contributed by atoms with E-state index in [1.807, 2.05) is 0 Å². The summed E-state index contributed by atoms with van der Waals surface area (Å²) in [7, 11) is -1.18. The second-order valence-electron chi connectivity index (χ2n) is 14.8. The van der Waals surface area contributed by atoms with E-state index in [0.717, 1.165) is 31.3 Å². The van der Waals surface area contributed by atoms with Gasteiger partial charge in [-0.2, -0.15) is 0 Å². The summed E-state index contributed by atoms with van der Waals surface area (Å²) in [4.78, 5) is 0. The molecule has 1 spiro atoms. The lowest BCUT2D eigenvalue weighted by Gasteiger charge is -2.52. The van der Waals surface area contributed by atoms with Crippen LogP contribution in [0.25, 0.3) is 0 Å². The maximum atomic E-state index is 7.29. The molecule has 2 aliphatic carbocycles. The van der Waals surface area contributed by atoms with Gasteiger partial charge < -0.3 is 9.05 Å². The molecule has 0 saturated heterocycles. The summed E-state index contributed by atoms with van der Waals surface area (Å²) in [6.07, 6.45) is 1.86. The van der Waals surface area contributed by atoms with Crippen molar-refractivity contribution >= 4 is 15.3 Å². The number of fused-ring (bicyclic) bond motifs is 2. The van der Waals surface area contributed by atoms with E-state index >= 15 is 0 Å². The largest absolute Gasteiger partial charge is 0.446 e. The predicted octanol–water partition coefficient (Wildman–Crippen LogP) is 10.7. The van der Waals surface area contributed by atoms with E-state index in [1.165, 1.54) is 122 Å². The molecule has 0 saturated carbocycles. The van der Waals surface area contributed by atoms with E-state index in [0.29, 0.717) is 0 Å². The van der Waals surface area contributed by atoms with Crippen LogP contribution in [0.4, 0.5) is 0 Å². The second kappa shape index (κ2) is 10.2. The Hall–Kier alpha value is -3.03. The molecule has 3 aliphatic rings. The number of hydrogen-bond donors (Lipinski definition) is 0. The van der Waals surface area contributed by atoms with Crippen molar-refractivity contribution in [3.05, 3.63) is 122 Å². The van der Waals surface area contributed by atoms with Crippen LogP contribution in [0, 0.1) is 96.9 Å². The average molecular weight is 629 g/mol. The molecule has 0 fully saturated rings. The van der Waals surface area contributed by atoms with Gasteiger partial charge in [0.15, 0.2) is 0 Å². The Morgan fingerprint density at radius 3 is 1.00 bits per heavy atom. The number of rotatable bonds is 1. The van der Waals surface area contributed by atoms with E-state index in [9.17, 15) is 0 Å². The van der Waals surface area contributed by atoms with Gasteiger partial charge in [-0.1, -0.05) is 6.82 Å². The first-order chi connectivity index (χ1) is 21.6. The maximum absolute atomic E-state index is 7.29. The van der Waals surface area contributed by atoms with Crippen LogP contribution in [0.5, 0.6) is 11.5 Å². The van der Waals surface area contributed by atoms with E-state index in [2.05, 4.69) is 104 Å². The minimum atomic E-state index is -1.18. The van der Waals surface area contributed by atoms with Crippen molar-refractivity contribution in [1.82, 2.24) is 0 Å². The van der Waals surface area contributed by atoms with Crippen LogP contribution in [0.1, 0.15) is 122 Å². The van der Waals surface area contributed by atoms with Crippen LogP contribution in [-0.4, -0.2) is 7.00 Å². The Morgan fingerprint density at radius 1 is 0.391 bits per heavy atom. The van der Waals surface area contributed by atoms with Crippen molar-refractivity contribution in [2.24, 2.45) is 0 Å². The molecule has 46 heavy (non-hydrogen) atoms. The van der Waals surface area contributed by atoms with Crippen LogP contribution >= 0.6 is 8.25 Å². The fourth-order valence-electron chi connectivity index (χ4n) is 9.54. The molecule has 0 amide bonds. The minimum absolute atomic E-state index is 0.557. The predicted molar refractivity (Wildman–Crippen MR) is 198 cm³/mol. The second-order valence-corrected chi connectivity index (χ2v) is 16.4. The van der Waals surface area contributed by atoms with Crippen LogP contribution in [0.2, 0.25) is 6.82 Å². The third-order valence-corrected chi connectivity index (χ3v) is 14.7. The lowest BCUT2D eigenvalue weighted by molar-refractivity contribution is 0.460. The van der Waals surface area contributed by atoms with Crippen molar-refractivity contribution in [3.8, 4) is 11.5 Å². The van der Waals surface area contributed by atoms with Crippen LogP contribution in [0.3, 0.4) is 0 Å². The van der Waals surface area contributed by atoms with Crippen molar-refractivity contribution < 1.29 is 9.05 Å². The van der Waals surface area contributed by atoms with Crippen molar-refractivity contribution in [1.29, 1.82) is 0 Å². The molecule has 0 bridgehead atoms. The molecular formula is C42H50BO2P. The van der Waals surface area contributed by atoms with Gasteiger partial charge in [-0.15, -0.1) is 0 Å². The summed E-state index contributed by atoms with van der Waals surface area (Å²) in [6, 6.07) is 0. The molecule has 238 valence electrons. The Kier molecular flexibility index (Phi) is 7.02. The van der Waals surface area contributed by atoms with E-state index in [-0.39, 0.29) is 0 Å². The highest BCUT2D eigenvalue weighted by Crippen LogP contribution is 2.67. The third kappa shape index (κ3) is 3.59. The van der Waals surface area contributed by atoms with Gasteiger partial charge in [0.25, 0.3) is 7.00 Å². The zero-order valence-corrected chi connectivity index (χ0v) is 31.8. The summed E-state index contributed by atoms with van der Waals surface area (Å²) >= 11 is 0. The summed E-state index contributed by atoms with van der Waals surface area (Å²) in [5.41, 5.74) is 30.5. The van der Waals surface area contributed by atoms with E-state index in [4.69, 9.17) is 9.05 Å². The van der Waals surface area contributed by atoms with Crippen molar-refractivity contribution in [3.63, 3.8) is 0 Å². The summed E-state index contributed by atoms with van der Waals surface area (Å²) in [5, 5.41) is 0. The Bertz CT molecular complexity index is 1940. The smallest absolute Gasteiger partial charge is 0.253 e. The topological polar surface area (TPSA) is 18.5 Å². The Morgan fingerprint density at radius 2 is 0.674 bits per heavy atom. The Labute approximate surface area is 279 Å². The molecule has 0 aromatic heterocycles. The maximum Gasteiger partial charge on any atom is 0.253 e. The molecule has 2 nitrogen and oxygen atoms in total. The van der Waals surface area contributed by atoms with Gasteiger partial charge in [-0.05, 0) is 221 Å². The highest BCUT2D eigenvalue weighted by atomic mass is 31.2. The molecule has 7 rings (SSSR count). The molecule has 0 N–H and O–H groups in total. The number of benzene rings is 4. The van der Waals surface area contributed by atoms with Crippen molar-refractivity contribution in [2.75, 3.05) is 0 Å². The first-order valence-corrected chi connectivity index (χ1v) is 18.6. The van der Waals surface area contributed by atoms with E-state index < -0.39 is 13.7 Å². The quantitative estimate of drug-likeness (QED) is 0.133. The SMILES string of the molecule is CBP1Oc2c(C)c(C)c(C)c3c2C2(c4c(C)c(C)c(C)c(C)c4C3)c3c(C)c(C)c(C)c(C)c3Cc3c(C)c(C)c(C)c(c32)O1. The lowest BCUT2D eigenvalue weighted by atomic mass is 9.51. The normalized spacial score (nSPS) is 15.5. The van der Waals surface area contributed by atoms with Gasteiger partial charge in [0.1, 0.15) is 11.5 Å². The van der Waals surface area contributed by atoms with Gasteiger partial charge in [0.2, 0.25) is 8.25 Å². The van der Waals surface area contributed by atoms with E-state index in [1.54, 1.807) is 0 Å². The summed E-state index contributed by atoms with van der Waals surface area (Å²) < 4.78 is 14.6. The third-order valence-electron chi connectivity index (χ3n) is 13.4. The molecule has 1 heterocycles. The van der Waals surface area contributed by atoms with Gasteiger partial charge >= 0.3 is 0 Å². The fraction of sp³-hybridized carbons (Fsp3) is 0.429. The molecular weight excluding hydrogens is 578 g/mol. The molecule has 4 heteroatoms. The van der Waals surface area contributed by atoms with Gasteiger partial charge in [-0.3, -0.25) is 0 Å². The highest BCUT2D eigenvalue weighted by molar-refractivity contribution is 7.78. The molecule has 0 atom stereocenters. The zero-order chi connectivity index (χ0) is 33.5. The summed E-state index contributed by atoms with van der Waals surface area (Å²) in [6.45, 7) is 35.9. The monoisotopic (exact) mass is 628 g/mol. The van der Waals surface area contributed by atoms with Crippen molar-refractivity contribution in [2.45, 2.75) is 122 Å². The van der Waals surface area contributed by atoms with Crippen LogP contribution in [0.15, 0.2) is 0 Å². The first-order valence-electron chi connectivity index (χ1n) is 17.2.